The van der Waals surface area contributed by atoms with Crippen LogP contribution in [0.5, 0.6) is 0 Å². The average Bonchev–Trinajstić information content (AvgIpc) is 2.58. The first-order chi connectivity index (χ1) is 5.77. The number of nitrogens with one attached hydrogen (secondary N) is 1. The Kier molecular flexibility index (Phi) is 1.56. The standard InChI is InChI=1S/C7H8FN3O/c8-5-3-6(5)10-7(12)11-2-1-9-4-11/h1-2,4-6H,3H2,(H,10,12). The van der Waals surface area contributed by atoms with Crippen molar-refractivity contribution in [3.63, 3.8) is 0 Å². The van der Waals surface area contributed by atoms with Crippen LogP contribution in [0.4, 0.5) is 9.18 Å². The van der Waals surface area contributed by atoms with Crippen LogP contribution in [-0.4, -0.2) is 27.8 Å². The first-order valence-corrected chi connectivity index (χ1v) is 3.70. The SMILES string of the molecule is O=C(NC1CC1F)n1ccnc1. The largest absolute Gasteiger partial charge is 0.332 e. The number of nitrogens with zero attached hydrogens (tertiary/aromatic N) is 2. The molecule has 1 saturated carbocycles. The summed E-state index contributed by atoms with van der Waals surface area (Å²) in [6, 6.07) is -0.613. The summed E-state index contributed by atoms with van der Waals surface area (Å²) in [5.41, 5.74) is 0. The summed E-state index contributed by atoms with van der Waals surface area (Å²) in [5.74, 6) is 0. The second kappa shape index (κ2) is 2.58. The molecule has 1 aliphatic rings. The van der Waals surface area contributed by atoms with Crippen LogP contribution in [0.2, 0.25) is 0 Å². The minimum Gasteiger partial charge on any atom is -0.332 e. The molecular formula is C7H8FN3O. The summed E-state index contributed by atoms with van der Waals surface area (Å²) < 4.78 is 13.6. The highest BCUT2D eigenvalue weighted by Crippen LogP contribution is 2.24. The Morgan fingerprint density at radius 2 is 2.50 bits per heavy atom. The topological polar surface area (TPSA) is 46.9 Å². The number of carbonyl (C=O) groups is 1. The lowest BCUT2D eigenvalue weighted by atomic mass is 10.7. The second-order valence-electron chi connectivity index (χ2n) is 2.78. The van der Waals surface area contributed by atoms with Gasteiger partial charge in [0.1, 0.15) is 12.5 Å². The smallest absolute Gasteiger partial charge is 0.327 e. The van der Waals surface area contributed by atoms with Crippen molar-refractivity contribution < 1.29 is 9.18 Å². The summed E-state index contributed by atoms with van der Waals surface area (Å²) in [7, 11) is 0. The Morgan fingerprint density at radius 1 is 1.75 bits per heavy atom. The van der Waals surface area contributed by atoms with Crippen molar-refractivity contribution >= 4 is 6.03 Å². The summed E-state index contributed by atoms with van der Waals surface area (Å²) in [4.78, 5) is 14.8. The van der Waals surface area contributed by atoms with Crippen molar-refractivity contribution in [3.05, 3.63) is 18.7 Å². The third-order valence-corrected chi connectivity index (χ3v) is 1.76. The maximum Gasteiger partial charge on any atom is 0.327 e. The van der Waals surface area contributed by atoms with Crippen molar-refractivity contribution in [1.29, 1.82) is 0 Å². The normalized spacial score (nSPS) is 26.8. The summed E-state index contributed by atoms with van der Waals surface area (Å²) in [6.45, 7) is 0. The van der Waals surface area contributed by atoms with E-state index in [9.17, 15) is 9.18 Å². The number of aromatic nitrogens is 2. The first-order valence-electron chi connectivity index (χ1n) is 3.70. The van der Waals surface area contributed by atoms with E-state index in [0.29, 0.717) is 6.42 Å². The third kappa shape index (κ3) is 1.30. The van der Waals surface area contributed by atoms with Crippen molar-refractivity contribution in [2.45, 2.75) is 18.6 Å². The minimum atomic E-state index is -0.863. The zero-order valence-corrected chi connectivity index (χ0v) is 6.27. The Bertz CT molecular complexity index is 285. The Hall–Kier alpha value is -1.39. The van der Waals surface area contributed by atoms with E-state index in [1.54, 1.807) is 0 Å². The zero-order chi connectivity index (χ0) is 8.55. The van der Waals surface area contributed by atoms with Crippen LogP contribution in [0.1, 0.15) is 6.42 Å². The maximum atomic E-state index is 12.3. The van der Waals surface area contributed by atoms with Gasteiger partial charge < -0.3 is 5.32 Å². The van der Waals surface area contributed by atoms with Crippen LogP contribution >= 0.6 is 0 Å². The van der Waals surface area contributed by atoms with Gasteiger partial charge in [0.05, 0.1) is 6.04 Å². The van der Waals surface area contributed by atoms with E-state index in [2.05, 4.69) is 10.3 Å². The minimum absolute atomic E-state index is 0.292. The molecule has 2 unspecified atom stereocenters. The number of imidazole rings is 1. The van der Waals surface area contributed by atoms with Gasteiger partial charge in [-0.1, -0.05) is 0 Å². The quantitative estimate of drug-likeness (QED) is 0.667. The molecule has 1 aromatic rings. The van der Waals surface area contributed by atoms with Gasteiger partial charge in [-0.2, -0.15) is 0 Å². The van der Waals surface area contributed by atoms with Gasteiger partial charge in [-0.25, -0.2) is 14.2 Å². The van der Waals surface area contributed by atoms with Gasteiger partial charge in [0.2, 0.25) is 0 Å². The van der Waals surface area contributed by atoms with Crippen LogP contribution in [0.3, 0.4) is 0 Å². The molecule has 1 fully saturated rings. The number of hydrogen-bond donors (Lipinski definition) is 1. The predicted octanol–water partition coefficient (Wildman–Crippen LogP) is 0.551. The third-order valence-electron chi connectivity index (χ3n) is 1.76. The monoisotopic (exact) mass is 169 g/mol. The zero-order valence-electron chi connectivity index (χ0n) is 6.27. The lowest BCUT2D eigenvalue weighted by Gasteiger charge is -2.01. The van der Waals surface area contributed by atoms with Gasteiger partial charge in [-0.15, -0.1) is 0 Å². The van der Waals surface area contributed by atoms with Crippen LogP contribution in [-0.2, 0) is 0 Å². The van der Waals surface area contributed by atoms with E-state index in [-0.39, 0.29) is 12.1 Å². The highest BCUT2D eigenvalue weighted by Gasteiger charge is 2.38. The molecule has 0 aromatic carbocycles. The van der Waals surface area contributed by atoms with Gasteiger partial charge in [-0.05, 0) is 0 Å². The molecule has 2 rings (SSSR count). The maximum absolute atomic E-state index is 12.3. The Morgan fingerprint density at radius 3 is 3.00 bits per heavy atom. The molecule has 1 aliphatic carbocycles. The van der Waals surface area contributed by atoms with Crippen molar-refractivity contribution in [3.8, 4) is 0 Å². The summed E-state index contributed by atoms with van der Waals surface area (Å²) in [6.07, 6.45) is 3.97. The Balaban J connectivity index is 1.93. The van der Waals surface area contributed by atoms with E-state index in [4.69, 9.17) is 0 Å². The van der Waals surface area contributed by atoms with Gasteiger partial charge >= 0.3 is 6.03 Å². The molecule has 5 heteroatoms. The molecule has 4 nitrogen and oxygen atoms in total. The van der Waals surface area contributed by atoms with E-state index in [1.165, 1.54) is 23.3 Å². The van der Waals surface area contributed by atoms with E-state index >= 15 is 0 Å². The molecule has 1 aromatic heterocycles. The second-order valence-corrected chi connectivity index (χ2v) is 2.78. The molecular weight excluding hydrogens is 161 g/mol. The number of amides is 1. The lowest BCUT2D eigenvalue weighted by Crippen LogP contribution is -2.30. The first kappa shape index (κ1) is 7.27. The molecule has 1 amide bonds. The predicted molar refractivity (Wildman–Crippen MR) is 39.5 cm³/mol. The molecule has 0 saturated heterocycles. The number of rotatable bonds is 1. The number of hydrogen-bond acceptors (Lipinski definition) is 2. The lowest BCUT2D eigenvalue weighted by molar-refractivity contribution is 0.240. The molecule has 64 valence electrons. The van der Waals surface area contributed by atoms with Crippen LogP contribution in [0.15, 0.2) is 18.7 Å². The van der Waals surface area contributed by atoms with Crippen LogP contribution < -0.4 is 5.32 Å². The summed E-state index contributed by atoms with van der Waals surface area (Å²) >= 11 is 0. The fourth-order valence-corrected chi connectivity index (χ4v) is 0.926. The van der Waals surface area contributed by atoms with Gasteiger partial charge in [0.25, 0.3) is 0 Å². The van der Waals surface area contributed by atoms with Gasteiger partial charge in [-0.3, -0.25) is 4.57 Å². The molecule has 1 heterocycles. The van der Waals surface area contributed by atoms with Crippen LogP contribution in [0, 0.1) is 0 Å². The van der Waals surface area contributed by atoms with E-state index < -0.39 is 6.17 Å². The fourth-order valence-electron chi connectivity index (χ4n) is 0.926. The highest BCUT2D eigenvalue weighted by molar-refractivity contribution is 5.77. The number of carbonyl (C=O) groups excluding carboxylic acids is 1. The average molecular weight is 169 g/mol. The van der Waals surface area contributed by atoms with Gasteiger partial charge in [0, 0.05) is 18.8 Å². The van der Waals surface area contributed by atoms with Crippen molar-refractivity contribution in [1.82, 2.24) is 14.9 Å². The van der Waals surface area contributed by atoms with Gasteiger partial charge in [0.15, 0.2) is 0 Å². The summed E-state index contributed by atoms with van der Waals surface area (Å²) in [5, 5.41) is 2.52. The van der Waals surface area contributed by atoms with E-state index in [0.717, 1.165) is 0 Å². The number of halogens is 1. The fraction of sp³-hybridized carbons (Fsp3) is 0.429. The molecule has 2 atom stereocenters. The van der Waals surface area contributed by atoms with Crippen LogP contribution in [0.25, 0.3) is 0 Å². The Labute approximate surface area is 68.4 Å². The van der Waals surface area contributed by atoms with Crippen molar-refractivity contribution in [2.75, 3.05) is 0 Å². The molecule has 0 bridgehead atoms. The molecule has 12 heavy (non-hydrogen) atoms. The molecule has 0 radical (unpaired) electrons. The molecule has 0 aliphatic heterocycles. The highest BCUT2D eigenvalue weighted by atomic mass is 19.1. The van der Waals surface area contributed by atoms with E-state index in [1.807, 2.05) is 0 Å². The molecule has 1 N–H and O–H groups in total. The van der Waals surface area contributed by atoms with Crippen molar-refractivity contribution in [2.24, 2.45) is 0 Å². The molecule has 0 spiro atoms. The number of alkyl halides is 1.